The highest BCUT2D eigenvalue weighted by atomic mass is 16.5. The quantitative estimate of drug-likeness (QED) is 0.310. The van der Waals surface area contributed by atoms with Gasteiger partial charge in [-0.15, -0.1) is 0 Å². The van der Waals surface area contributed by atoms with Gasteiger partial charge < -0.3 is 9.47 Å². The molecule has 2 heteroatoms. The maximum atomic E-state index is 5.07. The first kappa shape index (κ1) is 19.2. The molecular weight excluding hydrogens is 344 g/mol. The number of ether oxygens (including phenoxy) is 2. The van der Waals surface area contributed by atoms with Crippen molar-refractivity contribution >= 4 is 32.3 Å². The van der Waals surface area contributed by atoms with Crippen molar-refractivity contribution in [2.24, 2.45) is 0 Å². The molecule has 28 heavy (non-hydrogen) atoms. The Bertz CT molecular complexity index is 819. The average molecular weight is 375 g/mol. The van der Waals surface area contributed by atoms with E-state index in [0.717, 1.165) is 26.4 Å². The van der Waals surface area contributed by atoms with Crippen molar-refractivity contribution in [1.29, 1.82) is 0 Å². The first-order valence-corrected chi connectivity index (χ1v) is 10.7. The molecule has 2 saturated heterocycles. The first-order valence-electron chi connectivity index (χ1n) is 10.7. The molecule has 2 nitrogen and oxygen atoms in total. The fraction of sp³-hybridized carbons (Fsp3) is 0.385. The summed E-state index contributed by atoms with van der Waals surface area (Å²) in [6, 6.07) is 21.9. The Hall–Kier alpha value is -2.16. The van der Waals surface area contributed by atoms with Gasteiger partial charge in [0.05, 0.1) is 0 Å². The van der Waals surface area contributed by atoms with E-state index in [9.17, 15) is 0 Å². The third-order valence-corrected chi connectivity index (χ3v) is 5.55. The summed E-state index contributed by atoms with van der Waals surface area (Å²) >= 11 is 0. The van der Waals surface area contributed by atoms with Crippen LogP contribution >= 0.6 is 0 Å². The predicted octanol–water partition coefficient (Wildman–Crippen LogP) is 6.96. The van der Waals surface area contributed by atoms with E-state index < -0.39 is 0 Å². The van der Waals surface area contributed by atoms with Crippen molar-refractivity contribution < 1.29 is 9.47 Å². The van der Waals surface area contributed by atoms with E-state index in [1.807, 2.05) is 0 Å². The second-order valence-electron chi connectivity index (χ2n) is 7.64. The normalized spacial score (nSPS) is 17.0. The Morgan fingerprint density at radius 1 is 0.393 bits per heavy atom. The summed E-state index contributed by atoms with van der Waals surface area (Å²) in [5.41, 5.74) is 0. The van der Waals surface area contributed by atoms with Crippen LogP contribution in [0.4, 0.5) is 0 Å². The molecule has 0 bridgehead atoms. The number of hydrogen-bond acceptors (Lipinski definition) is 2. The summed E-state index contributed by atoms with van der Waals surface area (Å²) in [7, 11) is 0. The van der Waals surface area contributed by atoms with Gasteiger partial charge in [-0.2, -0.15) is 0 Å². The highest BCUT2D eigenvalue weighted by Gasteiger charge is 2.06. The minimum atomic E-state index is 1.00. The molecule has 4 aromatic carbocycles. The van der Waals surface area contributed by atoms with E-state index in [4.69, 9.17) is 9.47 Å². The first-order chi connectivity index (χ1) is 13.9. The molecule has 146 valence electrons. The highest BCUT2D eigenvalue weighted by molar-refractivity contribution is 6.22. The van der Waals surface area contributed by atoms with Gasteiger partial charge >= 0.3 is 0 Å². The molecule has 0 spiro atoms. The minimum absolute atomic E-state index is 1.00. The van der Waals surface area contributed by atoms with Gasteiger partial charge in [-0.25, -0.2) is 0 Å². The van der Waals surface area contributed by atoms with Gasteiger partial charge in [0.2, 0.25) is 0 Å². The maximum Gasteiger partial charge on any atom is 0.0466 e. The molecule has 0 N–H and O–H groups in total. The Morgan fingerprint density at radius 3 is 0.929 bits per heavy atom. The summed E-state index contributed by atoms with van der Waals surface area (Å²) in [5, 5.41) is 8.14. The molecule has 0 aliphatic carbocycles. The summed E-state index contributed by atoms with van der Waals surface area (Å²) in [6.45, 7) is 4.00. The monoisotopic (exact) mass is 374 g/mol. The van der Waals surface area contributed by atoms with Crippen LogP contribution in [0.25, 0.3) is 32.3 Å². The lowest BCUT2D eigenvalue weighted by atomic mass is 9.95. The SMILES string of the molecule is C1CCOCC1.C1CCOCC1.c1cc2ccc3cccc4ccc(c1)c2c34. The van der Waals surface area contributed by atoms with Gasteiger partial charge in [0.25, 0.3) is 0 Å². The van der Waals surface area contributed by atoms with Gasteiger partial charge in [-0.3, -0.25) is 0 Å². The van der Waals surface area contributed by atoms with Gasteiger partial charge in [-0.05, 0) is 70.8 Å². The molecule has 0 radical (unpaired) electrons. The Kier molecular flexibility index (Phi) is 6.75. The number of benzene rings is 4. The third kappa shape index (κ3) is 4.63. The standard InChI is InChI=1S/C16H10.2C5H10O/c1-3-11-7-9-13-5-2-6-14-10-8-12(4-1)15(11)16(13)14;2*1-2-4-6-5-3-1/h1-10H;2*1-5H2. The van der Waals surface area contributed by atoms with E-state index in [1.54, 1.807) is 0 Å². The molecule has 2 fully saturated rings. The van der Waals surface area contributed by atoms with E-state index in [-0.39, 0.29) is 0 Å². The van der Waals surface area contributed by atoms with Crippen LogP contribution < -0.4 is 0 Å². The minimum Gasteiger partial charge on any atom is -0.381 e. The lowest BCUT2D eigenvalue weighted by Gasteiger charge is -2.09. The van der Waals surface area contributed by atoms with Crippen molar-refractivity contribution in [3.8, 4) is 0 Å². The fourth-order valence-corrected chi connectivity index (χ4v) is 4.04. The lowest BCUT2D eigenvalue weighted by molar-refractivity contribution is 0.0967. The second kappa shape index (κ2) is 9.86. The zero-order chi connectivity index (χ0) is 19.0. The van der Waals surface area contributed by atoms with Crippen molar-refractivity contribution in [1.82, 2.24) is 0 Å². The molecule has 0 saturated carbocycles. The smallest absolute Gasteiger partial charge is 0.0466 e. The summed E-state index contributed by atoms with van der Waals surface area (Å²) in [4.78, 5) is 0. The second-order valence-corrected chi connectivity index (χ2v) is 7.64. The Balaban J connectivity index is 0.000000132. The lowest BCUT2D eigenvalue weighted by Crippen LogP contribution is -2.03. The molecule has 0 amide bonds. The van der Waals surface area contributed by atoms with Crippen molar-refractivity contribution in [3.63, 3.8) is 0 Å². The van der Waals surface area contributed by atoms with E-state index in [2.05, 4.69) is 60.7 Å². The molecule has 0 aromatic heterocycles. The zero-order valence-electron chi connectivity index (χ0n) is 16.7. The highest BCUT2D eigenvalue weighted by Crippen LogP contribution is 2.33. The van der Waals surface area contributed by atoms with Crippen LogP contribution in [0, 0.1) is 0 Å². The molecule has 2 heterocycles. The van der Waals surface area contributed by atoms with Crippen molar-refractivity contribution in [2.75, 3.05) is 26.4 Å². The van der Waals surface area contributed by atoms with Crippen LogP contribution in [0.5, 0.6) is 0 Å². The third-order valence-electron chi connectivity index (χ3n) is 5.55. The average Bonchev–Trinajstić information content (AvgIpc) is 2.81. The Morgan fingerprint density at radius 2 is 0.714 bits per heavy atom. The van der Waals surface area contributed by atoms with Crippen LogP contribution in [0.2, 0.25) is 0 Å². The van der Waals surface area contributed by atoms with Gasteiger partial charge in [0.15, 0.2) is 0 Å². The zero-order valence-corrected chi connectivity index (χ0v) is 16.7. The number of hydrogen-bond donors (Lipinski definition) is 0. The van der Waals surface area contributed by atoms with Gasteiger partial charge in [0.1, 0.15) is 0 Å². The van der Waals surface area contributed by atoms with Gasteiger partial charge in [-0.1, -0.05) is 60.7 Å². The van der Waals surface area contributed by atoms with Crippen LogP contribution in [-0.2, 0) is 9.47 Å². The predicted molar refractivity (Wildman–Crippen MR) is 119 cm³/mol. The number of rotatable bonds is 0. The molecule has 4 aromatic rings. The van der Waals surface area contributed by atoms with Crippen LogP contribution in [-0.4, -0.2) is 26.4 Å². The summed E-state index contributed by atoms with van der Waals surface area (Å²) in [6.07, 6.45) is 7.86. The molecular formula is C26H30O2. The van der Waals surface area contributed by atoms with Crippen LogP contribution in [0.15, 0.2) is 60.7 Å². The fourth-order valence-electron chi connectivity index (χ4n) is 4.04. The van der Waals surface area contributed by atoms with E-state index in [1.165, 1.54) is 70.8 Å². The van der Waals surface area contributed by atoms with Crippen molar-refractivity contribution in [2.45, 2.75) is 38.5 Å². The van der Waals surface area contributed by atoms with Crippen LogP contribution in [0.1, 0.15) is 38.5 Å². The molecule has 0 atom stereocenters. The van der Waals surface area contributed by atoms with E-state index in [0.29, 0.717) is 0 Å². The summed E-state index contributed by atoms with van der Waals surface area (Å²) < 4.78 is 10.1. The molecule has 6 rings (SSSR count). The maximum absolute atomic E-state index is 5.07. The van der Waals surface area contributed by atoms with Gasteiger partial charge in [0, 0.05) is 26.4 Å². The largest absolute Gasteiger partial charge is 0.381 e. The Labute approximate surface area is 167 Å². The van der Waals surface area contributed by atoms with Crippen molar-refractivity contribution in [3.05, 3.63) is 60.7 Å². The molecule has 2 aliphatic rings. The molecule has 0 unspecified atom stereocenters. The van der Waals surface area contributed by atoms with Crippen LogP contribution in [0.3, 0.4) is 0 Å². The summed E-state index contributed by atoms with van der Waals surface area (Å²) in [5.74, 6) is 0. The van der Waals surface area contributed by atoms with E-state index >= 15 is 0 Å². The topological polar surface area (TPSA) is 18.5 Å². The molecule has 2 aliphatic heterocycles.